The molecule has 0 fully saturated rings. The van der Waals surface area contributed by atoms with Gasteiger partial charge in [0, 0.05) is 11.1 Å². The summed E-state index contributed by atoms with van der Waals surface area (Å²) in [7, 11) is 0. The number of benzene rings is 2. The Morgan fingerprint density at radius 1 is 1.12 bits per heavy atom. The number of rotatable bonds is 6. The van der Waals surface area contributed by atoms with E-state index in [9.17, 15) is 4.79 Å². The van der Waals surface area contributed by atoms with E-state index < -0.39 is 0 Å². The fraction of sp³-hybridized carbons (Fsp3) is 0.300. The smallest absolute Gasteiger partial charge is 0.271 e. The van der Waals surface area contributed by atoms with E-state index in [0.717, 1.165) is 28.9 Å². The standard InChI is InChI=1S/C20H24N2O2/c1-5-10-24-18-8-6-17(7-9-18)20(23)22-21-13-19-15(3)11-14(2)12-16(19)4/h6-9,11-13H,5,10H2,1-4H3,(H,22,23). The van der Waals surface area contributed by atoms with E-state index in [4.69, 9.17) is 4.74 Å². The summed E-state index contributed by atoms with van der Waals surface area (Å²) >= 11 is 0. The summed E-state index contributed by atoms with van der Waals surface area (Å²) in [6, 6.07) is 11.3. The van der Waals surface area contributed by atoms with Crippen molar-refractivity contribution in [2.45, 2.75) is 34.1 Å². The maximum Gasteiger partial charge on any atom is 0.271 e. The Balaban J connectivity index is 2.00. The quantitative estimate of drug-likeness (QED) is 0.640. The molecule has 24 heavy (non-hydrogen) atoms. The number of carbonyl (C=O) groups is 1. The van der Waals surface area contributed by atoms with Crippen LogP contribution in [0.2, 0.25) is 0 Å². The highest BCUT2D eigenvalue weighted by Crippen LogP contribution is 2.14. The van der Waals surface area contributed by atoms with Crippen molar-refractivity contribution in [1.29, 1.82) is 0 Å². The molecule has 0 aliphatic carbocycles. The molecule has 0 saturated heterocycles. The Hall–Kier alpha value is -2.62. The number of aryl methyl sites for hydroxylation is 3. The first-order valence-corrected chi connectivity index (χ1v) is 8.15. The molecule has 0 radical (unpaired) electrons. The molecule has 0 unspecified atom stereocenters. The van der Waals surface area contributed by atoms with Crippen LogP contribution < -0.4 is 10.2 Å². The van der Waals surface area contributed by atoms with Gasteiger partial charge < -0.3 is 4.74 Å². The van der Waals surface area contributed by atoms with Gasteiger partial charge in [-0.25, -0.2) is 5.43 Å². The van der Waals surface area contributed by atoms with E-state index in [1.165, 1.54) is 5.56 Å². The molecule has 1 amide bonds. The van der Waals surface area contributed by atoms with Crippen molar-refractivity contribution in [3.63, 3.8) is 0 Å². The highest BCUT2D eigenvalue weighted by atomic mass is 16.5. The van der Waals surface area contributed by atoms with Gasteiger partial charge in [0.15, 0.2) is 0 Å². The molecule has 0 aliphatic rings. The highest BCUT2D eigenvalue weighted by molar-refractivity contribution is 5.95. The van der Waals surface area contributed by atoms with E-state index in [1.807, 2.05) is 13.8 Å². The Morgan fingerprint density at radius 2 is 1.75 bits per heavy atom. The van der Waals surface area contributed by atoms with E-state index in [2.05, 4.69) is 36.5 Å². The van der Waals surface area contributed by atoms with Crippen LogP contribution in [-0.4, -0.2) is 18.7 Å². The second-order valence-corrected chi connectivity index (χ2v) is 5.88. The largest absolute Gasteiger partial charge is 0.494 e. The number of hydrogen-bond donors (Lipinski definition) is 1. The number of ether oxygens (including phenoxy) is 1. The van der Waals surface area contributed by atoms with Crippen LogP contribution in [0.4, 0.5) is 0 Å². The Labute approximate surface area is 143 Å². The van der Waals surface area contributed by atoms with E-state index in [0.29, 0.717) is 12.2 Å². The molecule has 4 heteroatoms. The first-order chi connectivity index (χ1) is 11.5. The third-order valence-corrected chi connectivity index (χ3v) is 3.69. The van der Waals surface area contributed by atoms with Gasteiger partial charge in [0.25, 0.3) is 5.91 Å². The predicted molar refractivity (Wildman–Crippen MR) is 97.9 cm³/mol. The molecular formula is C20H24N2O2. The van der Waals surface area contributed by atoms with Crippen molar-refractivity contribution in [3.05, 3.63) is 64.2 Å². The van der Waals surface area contributed by atoms with Crippen molar-refractivity contribution in [2.75, 3.05) is 6.61 Å². The van der Waals surface area contributed by atoms with Gasteiger partial charge in [0.2, 0.25) is 0 Å². The molecule has 126 valence electrons. The maximum atomic E-state index is 12.1. The van der Waals surface area contributed by atoms with Crippen molar-refractivity contribution >= 4 is 12.1 Å². The second-order valence-electron chi connectivity index (χ2n) is 5.88. The minimum atomic E-state index is -0.240. The van der Waals surface area contributed by atoms with Crippen molar-refractivity contribution < 1.29 is 9.53 Å². The molecule has 1 N–H and O–H groups in total. The molecule has 2 aromatic carbocycles. The number of nitrogens with one attached hydrogen (secondary N) is 1. The number of carbonyl (C=O) groups excluding carboxylic acids is 1. The fourth-order valence-electron chi connectivity index (χ4n) is 2.54. The van der Waals surface area contributed by atoms with Gasteiger partial charge in [-0.15, -0.1) is 0 Å². The molecule has 4 nitrogen and oxygen atoms in total. The van der Waals surface area contributed by atoms with Crippen LogP contribution >= 0.6 is 0 Å². The van der Waals surface area contributed by atoms with E-state index in [1.54, 1.807) is 30.5 Å². The van der Waals surface area contributed by atoms with E-state index >= 15 is 0 Å². The summed E-state index contributed by atoms with van der Waals surface area (Å²) in [5, 5.41) is 4.09. The van der Waals surface area contributed by atoms with Crippen LogP contribution in [0.3, 0.4) is 0 Å². The minimum Gasteiger partial charge on any atom is -0.494 e. The van der Waals surface area contributed by atoms with Gasteiger partial charge in [-0.2, -0.15) is 5.10 Å². The van der Waals surface area contributed by atoms with Crippen molar-refractivity contribution in [1.82, 2.24) is 5.43 Å². The van der Waals surface area contributed by atoms with Crippen LogP contribution in [-0.2, 0) is 0 Å². The first-order valence-electron chi connectivity index (χ1n) is 8.15. The number of hydrogen-bond acceptors (Lipinski definition) is 3. The second kappa shape index (κ2) is 8.29. The van der Waals surface area contributed by atoms with Gasteiger partial charge in [0.05, 0.1) is 12.8 Å². The van der Waals surface area contributed by atoms with Gasteiger partial charge in [-0.3, -0.25) is 4.79 Å². The monoisotopic (exact) mass is 324 g/mol. The molecule has 0 spiro atoms. The SMILES string of the molecule is CCCOc1ccc(C(=O)NN=Cc2c(C)cc(C)cc2C)cc1. The number of amides is 1. The molecule has 2 aromatic rings. The fourth-order valence-corrected chi connectivity index (χ4v) is 2.54. The zero-order chi connectivity index (χ0) is 17.5. The molecule has 0 saturated carbocycles. The highest BCUT2D eigenvalue weighted by Gasteiger charge is 2.05. The summed E-state index contributed by atoms with van der Waals surface area (Å²) in [6.45, 7) is 8.87. The third-order valence-electron chi connectivity index (χ3n) is 3.69. The molecule has 0 atom stereocenters. The molecular weight excluding hydrogens is 300 g/mol. The van der Waals surface area contributed by atoms with Crippen molar-refractivity contribution in [2.24, 2.45) is 5.10 Å². The van der Waals surface area contributed by atoms with Gasteiger partial charge >= 0.3 is 0 Å². The number of nitrogens with zero attached hydrogens (tertiary/aromatic N) is 1. The number of hydrazone groups is 1. The van der Waals surface area contributed by atoms with Gasteiger partial charge in [-0.05, 0) is 62.6 Å². The minimum absolute atomic E-state index is 0.240. The Bertz CT molecular complexity index is 711. The van der Waals surface area contributed by atoms with Crippen LogP contribution in [0.25, 0.3) is 0 Å². The zero-order valence-electron chi connectivity index (χ0n) is 14.7. The van der Waals surface area contributed by atoms with Crippen LogP contribution in [0, 0.1) is 20.8 Å². The summed E-state index contributed by atoms with van der Waals surface area (Å²) < 4.78 is 5.50. The van der Waals surface area contributed by atoms with Crippen molar-refractivity contribution in [3.8, 4) is 5.75 Å². The lowest BCUT2D eigenvalue weighted by Gasteiger charge is -2.07. The molecule has 0 heterocycles. The Kier molecular flexibility index (Phi) is 6.13. The lowest BCUT2D eigenvalue weighted by atomic mass is 10.0. The molecule has 2 rings (SSSR count). The van der Waals surface area contributed by atoms with Crippen LogP contribution in [0.15, 0.2) is 41.5 Å². The summed E-state index contributed by atoms with van der Waals surface area (Å²) in [5.41, 5.74) is 7.65. The predicted octanol–water partition coefficient (Wildman–Crippen LogP) is 4.16. The Morgan fingerprint density at radius 3 is 2.33 bits per heavy atom. The lowest BCUT2D eigenvalue weighted by molar-refractivity contribution is 0.0955. The van der Waals surface area contributed by atoms with Gasteiger partial charge in [-0.1, -0.05) is 24.6 Å². The first kappa shape index (κ1) is 17.7. The average molecular weight is 324 g/mol. The lowest BCUT2D eigenvalue weighted by Crippen LogP contribution is -2.17. The van der Waals surface area contributed by atoms with Gasteiger partial charge in [0.1, 0.15) is 5.75 Å². The maximum absolute atomic E-state index is 12.1. The van der Waals surface area contributed by atoms with E-state index in [-0.39, 0.29) is 5.91 Å². The summed E-state index contributed by atoms with van der Waals surface area (Å²) in [6.07, 6.45) is 2.65. The normalized spacial score (nSPS) is 10.8. The third kappa shape index (κ3) is 4.69. The molecule has 0 aliphatic heterocycles. The molecule has 0 aromatic heterocycles. The topological polar surface area (TPSA) is 50.7 Å². The summed E-state index contributed by atoms with van der Waals surface area (Å²) in [4.78, 5) is 12.1. The molecule has 0 bridgehead atoms. The van der Waals surface area contributed by atoms with Crippen LogP contribution in [0.5, 0.6) is 5.75 Å². The zero-order valence-corrected chi connectivity index (χ0v) is 14.7. The summed E-state index contributed by atoms with van der Waals surface area (Å²) in [5.74, 6) is 0.526. The average Bonchev–Trinajstić information content (AvgIpc) is 2.55. The van der Waals surface area contributed by atoms with Crippen LogP contribution in [0.1, 0.15) is 46.0 Å².